The lowest BCUT2D eigenvalue weighted by atomic mass is 9.98. The van der Waals surface area contributed by atoms with Crippen molar-refractivity contribution < 1.29 is 0 Å². The molecule has 106 valence electrons. The van der Waals surface area contributed by atoms with E-state index in [2.05, 4.69) is 36.5 Å². The number of hydrogen-bond acceptors (Lipinski definition) is 1. The summed E-state index contributed by atoms with van der Waals surface area (Å²) in [5.41, 5.74) is 2.27. The smallest absolute Gasteiger partial charge is 0.0468 e. The zero-order valence-electron chi connectivity index (χ0n) is 11.6. The molecule has 3 heteroatoms. The summed E-state index contributed by atoms with van der Waals surface area (Å²) in [4.78, 5) is 0. The fourth-order valence-electron chi connectivity index (χ4n) is 2.29. The molecule has 0 bridgehead atoms. The summed E-state index contributed by atoms with van der Waals surface area (Å²) in [7, 11) is 0. The van der Waals surface area contributed by atoms with Crippen LogP contribution in [0.5, 0.6) is 0 Å². The SMILES string of the molecule is CCCNC(Cc1ccccc1)c1c(Cl)cccc1Cl. The van der Waals surface area contributed by atoms with Gasteiger partial charge in [-0.25, -0.2) is 0 Å². The Balaban J connectivity index is 2.27. The topological polar surface area (TPSA) is 12.0 Å². The summed E-state index contributed by atoms with van der Waals surface area (Å²) in [5.74, 6) is 0. The Morgan fingerprint density at radius 3 is 2.20 bits per heavy atom. The first-order chi connectivity index (χ1) is 9.72. The molecular formula is C17H19Cl2N. The monoisotopic (exact) mass is 307 g/mol. The van der Waals surface area contributed by atoms with Crippen molar-refractivity contribution in [2.45, 2.75) is 25.8 Å². The maximum Gasteiger partial charge on any atom is 0.0468 e. The van der Waals surface area contributed by atoms with Crippen LogP contribution in [0.15, 0.2) is 48.5 Å². The maximum absolute atomic E-state index is 6.34. The molecule has 1 unspecified atom stereocenters. The normalized spacial score (nSPS) is 12.3. The molecule has 0 spiro atoms. The van der Waals surface area contributed by atoms with Gasteiger partial charge >= 0.3 is 0 Å². The highest BCUT2D eigenvalue weighted by atomic mass is 35.5. The molecule has 0 saturated carbocycles. The van der Waals surface area contributed by atoms with Crippen LogP contribution in [0.1, 0.15) is 30.5 Å². The van der Waals surface area contributed by atoms with Gasteiger partial charge < -0.3 is 5.32 Å². The summed E-state index contributed by atoms with van der Waals surface area (Å²) in [5, 5.41) is 5.00. The average Bonchev–Trinajstić information content (AvgIpc) is 2.45. The lowest BCUT2D eigenvalue weighted by Gasteiger charge is -2.21. The van der Waals surface area contributed by atoms with E-state index >= 15 is 0 Å². The van der Waals surface area contributed by atoms with E-state index in [1.165, 1.54) is 5.56 Å². The van der Waals surface area contributed by atoms with Crippen molar-refractivity contribution in [3.8, 4) is 0 Å². The Morgan fingerprint density at radius 1 is 0.950 bits per heavy atom. The highest BCUT2D eigenvalue weighted by molar-refractivity contribution is 6.36. The maximum atomic E-state index is 6.34. The van der Waals surface area contributed by atoms with Gasteiger partial charge in [-0.2, -0.15) is 0 Å². The van der Waals surface area contributed by atoms with Gasteiger partial charge in [-0.05, 0) is 37.1 Å². The van der Waals surface area contributed by atoms with Crippen molar-refractivity contribution in [2.75, 3.05) is 6.54 Å². The minimum Gasteiger partial charge on any atom is -0.310 e. The van der Waals surface area contributed by atoms with Gasteiger partial charge in [0.1, 0.15) is 0 Å². The zero-order chi connectivity index (χ0) is 14.4. The molecular weight excluding hydrogens is 289 g/mol. The second-order valence-corrected chi connectivity index (χ2v) is 5.65. The predicted molar refractivity (Wildman–Crippen MR) is 87.6 cm³/mol. The van der Waals surface area contributed by atoms with Crippen LogP contribution in [0, 0.1) is 0 Å². The van der Waals surface area contributed by atoms with Crippen LogP contribution >= 0.6 is 23.2 Å². The van der Waals surface area contributed by atoms with Crippen LogP contribution < -0.4 is 5.32 Å². The van der Waals surface area contributed by atoms with Crippen LogP contribution in [0.25, 0.3) is 0 Å². The van der Waals surface area contributed by atoms with Crippen LogP contribution in [0.2, 0.25) is 10.0 Å². The standard InChI is InChI=1S/C17H19Cl2N/c1-2-11-20-16(12-13-7-4-3-5-8-13)17-14(18)9-6-10-15(17)19/h3-10,16,20H,2,11-12H2,1H3. The predicted octanol–water partition coefficient (Wildman–Crippen LogP) is 5.28. The highest BCUT2D eigenvalue weighted by Crippen LogP contribution is 2.32. The fourth-order valence-corrected chi connectivity index (χ4v) is 2.95. The van der Waals surface area contributed by atoms with E-state index in [0.717, 1.165) is 35.0 Å². The van der Waals surface area contributed by atoms with E-state index in [0.29, 0.717) is 0 Å². The number of benzene rings is 2. The van der Waals surface area contributed by atoms with Crippen LogP contribution in [0.4, 0.5) is 0 Å². The van der Waals surface area contributed by atoms with Crippen molar-refractivity contribution in [3.05, 3.63) is 69.7 Å². The minimum absolute atomic E-state index is 0.138. The first-order valence-corrected chi connectivity index (χ1v) is 7.69. The number of hydrogen-bond donors (Lipinski definition) is 1. The van der Waals surface area contributed by atoms with Gasteiger partial charge in [-0.3, -0.25) is 0 Å². The van der Waals surface area contributed by atoms with Gasteiger partial charge in [0, 0.05) is 21.7 Å². The molecule has 1 N–H and O–H groups in total. The lowest BCUT2D eigenvalue weighted by Crippen LogP contribution is -2.24. The van der Waals surface area contributed by atoms with Crippen LogP contribution in [-0.4, -0.2) is 6.54 Å². The Bertz CT molecular complexity index is 520. The van der Waals surface area contributed by atoms with E-state index in [1.807, 2.05) is 24.3 Å². The third kappa shape index (κ3) is 3.99. The number of nitrogens with one attached hydrogen (secondary N) is 1. The molecule has 0 aliphatic carbocycles. The van der Waals surface area contributed by atoms with Gasteiger partial charge in [0.25, 0.3) is 0 Å². The summed E-state index contributed by atoms with van der Waals surface area (Å²) < 4.78 is 0. The zero-order valence-corrected chi connectivity index (χ0v) is 13.1. The second-order valence-electron chi connectivity index (χ2n) is 4.83. The first-order valence-electron chi connectivity index (χ1n) is 6.93. The quantitative estimate of drug-likeness (QED) is 0.766. The Morgan fingerprint density at radius 2 is 1.60 bits per heavy atom. The third-order valence-corrected chi connectivity index (χ3v) is 3.93. The second kappa shape index (κ2) is 7.68. The molecule has 1 nitrogen and oxygen atoms in total. The molecule has 2 aromatic carbocycles. The van der Waals surface area contributed by atoms with Gasteiger partial charge in [-0.15, -0.1) is 0 Å². The molecule has 1 atom stereocenters. The fraction of sp³-hybridized carbons (Fsp3) is 0.294. The summed E-state index contributed by atoms with van der Waals surface area (Å²) in [6.45, 7) is 3.10. The van der Waals surface area contributed by atoms with Crippen molar-refractivity contribution in [2.24, 2.45) is 0 Å². The molecule has 0 aliphatic heterocycles. The molecule has 2 aromatic rings. The van der Waals surface area contributed by atoms with Gasteiger partial charge in [0.05, 0.1) is 0 Å². The largest absolute Gasteiger partial charge is 0.310 e. The van der Waals surface area contributed by atoms with E-state index in [1.54, 1.807) is 0 Å². The molecule has 0 fully saturated rings. The lowest BCUT2D eigenvalue weighted by molar-refractivity contribution is 0.529. The van der Waals surface area contributed by atoms with E-state index in [-0.39, 0.29) is 6.04 Å². The van der Waals surface area contributed by atoms with Crippen molar-refractivity contribution >= 4 is 23.2 Å². The van der Waals surface area contributed by atoms with Gasteiger partial charge in [0.15, 0.2) is 0 Å². The summed E-state index contributed by atoms with van der Waals surface area (Å²) >= 11 is 12.7. The Kier molecular flexibility index (Phi) is 5.90. The van der Waals surface area contributed by atoms with E-state index in [9.17, 15) is 0 Å². The van der Waals surface area contributed by atoms with Crippen molar-refractivity contribution in [1.29, 1.82) is 0 Å². The summed E-state index contributed by atoms with van der Waals surface area (Å²) in [6.07, 6.45) is 1.96. The molecule has 0 radical (unpaired) electrons. The number of halogens is 2. The van der Waals surface area contributed by atoms with Crippen molar-refractivity contribution in [1.82, 2.24) is 5.32 Å². The average molecular weight is 308 g/mol. The Hall–Kier alpha value is -1.02. The van der Waals surface area contributed by atoms with Gasteiger partial charge in [0.2, 0.25) is 0 Å². The molecule has 0 saturated heterocycles. The Labute approximate surface area is 130 Å². The van der Waals surface area contributed by atoms with E-state index < -0.39 is 0 Å². The summed E-state index contributed by atoms with van der Waals surface area (Å²) in [6, 6.07) is 16.2. The first kappa shape index (κ1) is 15.4. The highest BCUT2D eigenvalue weighted by Gasteiger charge is 2.17. The molecule has 0 amide bonds. The van der Waals surface area contributed by atoms with Crippen LogP contribution in [0.3, 0.4) is 0 Å². The van der Waals surface area contributed by atoms with E-state index in [4.69, 9.17) is 23.2 Å². The van der Waals surface area contributed by atoms with Crippen molar-refractivity contribution in [3.63, 3.8) is 0 Å². The molecule has 0 heterocycles. The van der Waals surface area contributed by atoms with Crippen LogP contribution in [-0.2, 0) is 6.42 Å². The third-order valence-electron chi connectivity index (χ3n) is 3.27. The van der Waals surface area contributed by atoms with Gasteiger partial charge in [-0.1, -0.05) is 66.5 Å². The molecule has 0 aliphatic rings. The number of rotatable bonds is 6. The molecule has 20 heavy (non-hydrogen) atoms. The minimum atomic E-state index is 0.138. The molecule has 0 aromatic heterocycles. The molecule has 2 rings (SSSR count).